The monoisotopic (exact) mass is 350 g/mol. The molecule has 0 spiro atoms. The predicted octanol–water partition coefficient (Wildman–Crippen LogP) is 4.00. The van der Waals surface area contributed by atoms with E-state index >= 15 is 0 Å². The summed E-state index contributed by atoms with van der Waals surface area (Å²) in [6.45, 7) is 1.45. The van der Waals surface area contributed by atoms with Crippen LogP contribution in [0.3, 0.4) is 0 Å². The zero-order chi connectivity index (χ0) is 12.8. The van der Waals surface area contributed by atoms with Crippen LogP contribution in [0.1, 0.15) is 11.1 Å². The van der Waals surface area contributed by atoms with Crippen LogP contribution in [-0.4, -0.2) is 23.2 Å². The number of benzene rings is 1. The minimum atomic E-state index is -4.30. The molecule has 0 aromatic heterocycles. The Labute approximate surface area is 123 Å². The lowest BCUT2D eigenvalue weighted by atomic mass is 10.1. The average Bonchev–Trinajstić information content (AvgIpc) is 2.89. The van der Waals surface area contributed by atoms with Crippen molar-refractivity contribution >= 4 is 39.6 Å². The lowest BCUT2D eigenvalue weighted by Gasteiger charge is -2.17. The van der Waals surface area contributed by atoms with Gasteiger partial charge in [0.25, 0.3) is 0 Å². The van der Waals surface area contributed by atoms with E-state index in [0.717, 1.165) is 23.5 Å². The molecule has 102 valence electrons. The van der Waals surface area contributed by atoms with Crippen molar-refractivity contribution < 1.29 is 13.2 Å². The van der Waals surface area contributed by atoms with Gasteiger partial charge in [-0.15, -0.1) is 17.0 Å². The van der Waals surface area contributed by atoms with Crippen LogP contribution in [0.2, 0.25) is 0 Å². The number of aliphatic imine (C=N–C) groups is 1. The number of nitrogens with zero attached hydrogens (tertiary/aromatic N) is 2. The highest BCUT2D eigenvalue weighted by atomic mass is 79.9. The molecule has 2 heterocycles. The summed E-state index contributed by atoms with van der Waals surface area (Å²) in [6.07, 6.45) is -4.30. The Bertz CT molecular complexity index is 554. The van der Waals surface area contributed by atoms with Gasteiger partial charge in [0.05, 0.1) is 17.8 Å². The van der Waals surface area contributed by atoms with Gasteiger partial charge < -0.3 is 4.90 Å². The second-order valence-electron chi connectivity index (χ2n) is 4.02. The third-order valence-electron chi connectivity index (χ3n) is 2.85. The highest BCUT2D eigenvalue weighted by molar-refractivity contribution is 8.93. The van der Waals surface area contributed by atoms with E-state index in [1.54, 1.807) is 6.07 Å². The molecule has 7 heteroatoms. The van der Waals surface area contributed by atoms with Crippen LogP contribution in [0.25, 0.3) is 5.70 Å². The van der Waals surface area contributed by atoms with Crippen LogP contribution in [-0.2, 0) is 6.18 Å². The van der Waals surface area contributed by atoms with Crippen molar-refractivity contribution in [2.24, 2.45) is 4.99 Å². The minimum Gasteiger partial charge on any atom is -0.318 e. The van der Waals surface area contributed by atoms with E-state index < -0.39 is 11.7 Å². The molecule has 2 aliphatic rings. The number of alkyl halides is 3. The normalized spacial score (nSPS) is 17.7. The third-order valence-corrected chi connectivity index (χ3v) is 3.76. The topological polar surface area (TPSA) is 15.6 Å². The van der Waals surface area contributed by atoms with Gasteiger partial charge in [0.1, 0.15) is 0 Å². The van der Waals surface area contributed by atoms with E-state index in [4.69, 9.17) is 0 Å². The van der Waals surface area contributed by atoms with Crippen molar-refractivity contribution in [3.8, 4) is 0 Å². The molecule has 0 unspecified atom stereocenters. The van der Waals surface area contributed by atoms with Crippen LogP contribution in [0.5, 0.6) is 0 Å². The summed E-state index contributed by atoms with van der Waals surface area (Å²) < 4.78 is 38.0. The van der Waals surface area contributed by atoms with E-state index in [-0.39, 0.29) is 17.0 Å². The summed E-state index contributed by atoms with van der Waals surface area (Å²) in [6, 6.07) is 5.41. The Hall–Kier alpha value is -0.950. The largest absolute Gasteiger partial charge is 0.416 e. The third kappa shape index (κ3) is 2.67. The molecule has 3 rings (SSSR count). The first-order valence-electron chi connectivity index (χ1n) is 5.42. The van der Waals surface area contributed by atoms with Gasteiger partial charge >= 0.3 is 6.18 Å². The number of fused-ring (bicyclic) bond motifs is 1. The van der Waals surface area contributed by atoms with Crippen LogP contribution >= 0.6 is 28.7 Å². The Morgan fingerprint density at radius 2 is 2.05 bits per heavy atom. The molecule has 0 aliphatic carbocycles. The van der Waals surface area contributed by atoms with Gasteiger partial charge in [0.15, 0.2) is 5.17 Å². The fraction of sp³-hybridized carbons (Fsp3) is 0.250. The minimum absolute atomic E-state index is 0. The average molecular weight is 351 g/mol. The number of hydrogen-bond donors (Lipinski definition) is 0. The maximum absolute atomic E-state index is 12.7. The summed E-state index contributed by atoms with van der Waals surface area (Å²) in [4.78, 5) is 6.23. The van der Waals surface area contributed by atoms with Gasteiger partial charge in [0.2, 0.25) is 0 Å². The lowest BCUT2D eigenvalue weighted by Crippen LogP contribution is -2.20. The first-order valence-corrected chi connectivity index (χ1v) is 6.30. The predicted molar refractivity (Wildman–Crippen MR) is 76.3 cm³/mol. The molecule has 0 radical (unpaired) electrons. The van der Waals surface area contributed by atoms with Gasteiger partial charge in [-0.25, -0.2) is 0 Å². The highest BCUT2D eigenvalue weighted by Gasteiger charge is 2.32. The van der Waals surface area contributed by atoms with Crippen molar-refractivity contribution in [3.05, 3.63) is 40.8 Å². The summed E-state index contributed by atoms with van der Waals surface area (Å²) in [5, 5.41) is 2.73. The quantitative estimate of drug-likeness (QED) is 0.760. The maximum Gasteiger partial charge on any atom is 0.416 e. The molecule has 0 N–H and O–H groups in total. The molecular weight excluding hydrogens is 341 g/mol. The van der Waals surface area contributed by atoms with Crippen LogP contribution in [0.15, 0.2) is 34.7 Å². The number of amidine groups is 1. The molecule has 0 saturated carbocycles. The zero-order valence-electron chi connectivity index (χ0n) is 9.65. The Kier molecular flexibility index (Phi) is 3.96. The summed E-state index contributed by atoms with van der Waals surface area (Å²) >= 11 is 1.46. The molecule has 2 nitrogen and oxygen atoms in total. The molecule has 1 aromatic rings. The van der Waals surface area contributed by atoms with Gasteiger partial charge in [-0.3, -0.25) is 4.99 Å². The molecule has 0 atom stereocenters. The molecule has 0 saturated heterocycles. The number of halogens is 4. The molecule has 0 fully saturated rings. The highest BCUT2D eigenvalue weighted by Crippen LogP contribution is 2.37. The Morgan fingerprint density at radius 1 is 1.26 bits per heavy atom. The van der Waals surface area contributed by atoms with E-state index in [1.165, 1.54) is 23.9 Å². The van der Waals surface area contributed by atoms with E-state index in [9.17, 15) is 13.2 Å². The standard InChI is InChI=1S/C12H9F3N2S.BrH/c13-12(14,15)9-3-1-2-8(6-9)10-7-18-11-16-4-5-17(10)11;/h1-3,6-7H,4-5H2;1H. The van der Waals surface area contributed by atoms with E-state index in [1.807, 2.05) is 10.3 Å². The molecular formula is C12H10BrF3N2S. The van der Waals surface area contributed by atoms with Crippen molar-refractivity contribution in [2.75, 3.05) is 13.1 Å². The molecule has 0 amide bonds. The second-order valence-corrected chi connectivity index (χ2v) is 4.85. The first-order chi connectivity index (χ1) is 8.55. The van der Waals surface area contributed by atoms with Gasteiger partial charge in [-0.1, -0.05) is 23.9 Å². The van der Waals surface area contributed by atoms with Crippen molar-refractivity contribution in [1.82, 2.24) is 4.90 Å². The zero-order valence-corrected chi connectivity index (χ0v) is 12.2. The fourth-order valence-electron chi connectivity index (χ4n) is 2.00. The SMILES string of the molecule is Br.FC(F)(F)c1cccc(C2=CSC3=NCCN23)c1. The van der Waals surface area contributed by atoms with Crippen LogP contribution < -0.4 is 0 Å². The summed E-state index contributed by atoms with van der Waals surface area (Å²) in [5.41, 5.74) is 0.780. The molecule has 19 heavy (non-hydrogen) atoms. The number of thioether (sulfide) groups is 1. The summed E-state index contributed by atoms with van der Waals surface area (Å²) in [7, 11) is 0. The Balaban J connectivity index is 0.00000133. The summed E-state index contributed by atoms with van der Waals surface area (Å²) in [5.74, 6) is 0. The van der Waals surface area contributed by atoms with Gasteiger partial charge in [-0.05, 0) is 17.7 Å². The maximum atomic E-state index is 12.7. The van der Waals surface area contributed by atoms with Crippen molar-refractivity contribution in [2.45, 2.75) is 6.18 Å². The fourth-order valence-corrected chi connectivity index (χ4v) is 2.96. The molecule has 1 aromatic carbocycles. The van der Waals surface area contributed by atoms with Crippen LogP contribution in [0.4, 0.5) is 13.2 Å². The van der Waals surface area contributed by atoms with E-state index in [2.05, 4.69) is 4.99 Å². The lowest BCUT2D eigenvalue weighted by molar-refractivity contribution is -0.137. The number of hydrogen-bond acceptors (Lipinski definition) is 3. The van der Waals surface area contributed by atoms with E-state index in [0.29, 0.717) is 12.1 Å². The van der Waals surface area contributed by atoms with Crippen molar-refractivity contribution in [3.63, 3.8) is 0 Å². The van der Waals surface area contributed by atoms with Gasteiger partial charge in [0, 0.05) is 12.0 Å². The van der Waals surface area contributed by atoms with Crippen LogP contribution in [0, 0.1) is 0 Å². The van der Waals surface area contributed by atoms with Gasteiger partial charge in [-0.2, -0.15) is 13.2 Å². The first kappa shape index (κ1) is 14.5. The molecule has 2 aliphatic heterocycles. The smallest absolute Gasteiger partial charge is 0.318 e. The number of rotatable bonds is 1. The second kappa shape index (κ2) is 5.20. The molecule has 0 bridgehead atoms. The Morgan fingerprint density at radius 3 is 2.79 bits per heavy atom. The van der Waals surface area contributed by atoms with Crippen molar-refractivity contribution in [1.29, 1.82) is 0 Å².